The number of pyridine rings is 1. The molecule has 1 amide bonds. The van der Waals surface area contributed by atoms with E-state index in [1.54, 1.807) is 47.5 Å². The lowest BCUT2D eigenvalue weighted by Crippen LogP contribution is -2.26. The minimum Gasteiger partial charge on any atom is -0.457 e. The van der Waals surface area contributed by atoms with Gasteiger partial charge in [0.1, 0.15) is 35.3 Å². The van der Waals surface area contributed by atoms with Gasteiger partial charge in [0.05, 0.1) is 12.2 Å². The summed E-state index contributed by atoms with van der Waals surface area (Å²) in [6, 6.07) is 13.6. The largest absolute Gasteiger partial charge is 0.457 e. The topological polar surface area (TPSA) is 82.2 Å². The normalized spacial score (nSPS) is 14.9. The highest BCUT2D eigenvalue weighted by Crippen LogP contribution is 2.34. The van der Waals surface area contributed by atoms with Gasteiger partial charge in [0.15, 0.2) is 0 Å². The van der Waals surface area contributed by atoms with Crippen molar-refractivity contribution in [1.82, 2.24) is 19.3 Å². The third kappa shape index (κ3) is 4.61. The monoisotopic (exact) mass is 491 g/mol. The Kier molecular flexibility index (Phi) is 5.87. The van der Waals surface area contributed by atoms with Crippen molar-refractivity contribution in [2.45, 2.75) is 26.8 Å². The minimum atomic E-state index is -0.728. The lowest BCUT2D eigenvalue weighted by atomic mass is 9.93. The van der Waals surface area contributed by atoms with Crippen LogP contribution in [0.3, 0.4) is 0 Å². The molecule has 0 bridgehead atoms. The predicted molar refractivity (Wildman–Crippen MR) is 128 cm³/mol. The Bertz CT molecular complexity index is 1470. The quantitative estimate of drug-likeness (QED) is 0.402. The fourth-order valence-electron chi connectivity index (χ4n) is 4.16. The van der Waals surface area contributed by atoms with Crippen LogP contribution in [0, 0.1) is 17.0 Å². The summed E-state index contributed by atoms with van der Waals surface area (Å²) < 4.78 is 36.1. The average molecular weight is 491 g/mol. The van der Waals surface area contributed by atoms with Gasteiger partial charge in [-0.1, -0.05) is 19.9 Å². The molecular formula is C26H23F2N5O3. The summed E-state index contributed by atoms with van der Waals surface area (Å²) in [5.41, 5.74) is -0.400. The number of hydrogen-bond donors (Lipinski definition) is 0. The van der Waals surface area contributed by atoms with E-state index in [2.05, 4.69) is 10.1 Å². The molecule has 1 saturated heterocycles. The maximum absolute atomic E-state index is 14.0. The molecule has 4 aromatic rings. The van der Waals surface area contributed by atoms with Crippen molar-refractivity contribution in [3.05, 3.63) is 94.8 Å². The molecule has 184 valence electrons. The molecule has 0 radical (unpaired) electrons. The highest BCUT2D eigenvalue weighted by molar-refractivity contribution is 5.95. The van der Waals surface area contributed by atoms with Crippen LogP contribution in [0.15, 0.2) is 71.9 Å². The lowest BCUT2D eigenvalue weighted by Gasteiger charge is -2.19. The molecule has 10 heteroatoms. The summed E-state index contributed by atoms with van der Waals surface area (Å²) in [4.78, 5) is 31.1. The van der Waals surface area contributed by atoms with Gasteiger partial charge in [0.25, 0.3) is 0 Å². The van der Waals surface area contributed by atoms with Gasteiger partial charge in [-0.25, -0.2) is 18.6 Å². The van der Waals surface area contributed by atoms with Crippen LogP contribution in [-0.2, 0) is 11.3 Å². The smallest absolute Gasteiger partial charge is 0.350 e. The van der Waals surface area contributed by atoms with Crippen LogP contribution in [0.1, 0.15) is 25.8 Å². The van der Waals surface area contributed by atoms with Crippen LogP contribution in [0.25, 0.3) is 5.69 Å². The third-order valence-corrected chi connectivity index (χ3v) is 5.95. The lowest BCUT2D eigenvalue weighted by molar-refractivity contribution is -0.117. The van der Waals surface area contributed by atoms with Gasteiger partial charge in [0, 0.05) is 30.8 Å². The van der Waals surface area contributed by atoms with Crippen molar-refractivity contribution < 1.29 is 18.3 Å². The Hall–Kier alpha value is -4.34. The summed E-state index contributed by atoms with van der Waals surface area (Å²) in [6.45, 7) is 4.39. The Balaban J connectivity index is 1.32. The molecule has 0 aliphatic carbocycles. The van der Waals surface area contributed by atoms with E-state index < -0.39 is 17.3 Å². The molecule has 0 unspecified atom stereocenters. The summed E-state index contributed by atoms with van der Waals surface area (Å²) in [5.74, 6) is 0.115. The first-order valence-electron chi connectivity index (χ1n) is 11.3. The molecule has 0 atom stereocenters. The number of benzene rings is 2. The van der Waals surface area contributed by atoms with Gasteiger partial charge in [-0.3, -0.25) is 14.3 Å². The third-order valence-electron chi connectivity index (χ3n) is 5.95. The van der Waals surface area contributed by atoms with Gasteiger partial charge in [-0.05, 0) is 47.9 Å². The van der Waals surface area contributed by atoms with Crippen LogP contribution in [0.5, 0.6) is 11.5 Å². The van der Waals surface area contributed by atoms with Crippen LogP contribution >= 0.6 is 0 Å². The second kappa shape index (κ2) is 9.03. The number of rotatable bonds is 6. The van der Waals surface area contributed by atoms with E-state index in [0.717, 1.165) is 21.4 Å². The van der Waals surface area contributed by atoms with Crippen molar-refractivity contribution in [2.24, 2.45) is 5.41 Å². The molecular weight excluding hydrogens is 468 g/mol. The van der Waals surface area contributed by atoms with Crippen molar-refractivity contribution >= 4 is 11.7 Å². The van der Waals surface area contributed by atoms with Gasteiger partial charge >= 0.3 is 5.69 Å². The highest BCUT2D eigenvalue weighted by Gasteiger charge is 2.37. The van der Waals surface area contributed by atoms with E-state index in [1.165, 1.54) is 12.4 Å². The molecule has 0 saturated carbocycles. The zero-order chi connectivity index (χ0) is 25.4. The van der Waals surface area contributed by atoms with Crippen molar-refractivity contribution in [1.29, 1.82) is 0 Å². The number of halogens is 2. The molecule has 1 aliphatic heterocycles. The zero-order valence-corrected chi connectivity index (χ0v) is 19.7. The number of anilines is 1. The first-order chi connectivity index (χ1) is 17.2. The van der Waals surface area contributed by atoms with Gasteiger partial charge in [-0.2, -0.15) is 9.78 Å². The van der Waals surface area contributed by atoms with Crippen LogP contribution < -0.4 is 15.3 Å². The molecule has 0 spiro atoms. The van der Waals surface area contributed by atoms with Gasteiger partial charge in [-0.15, -0.1) is 0 Å². The molecule has 1 aliphatic rings. The van der Waals surface area contributed by atoms with E-state index in [0.29, 0.717) is 36.0 Å². The van der Waals surface area contributed by atoms with E-state index in [-0.39, 0.29) is 23.4 Å². The molecule has 2 aromatic heterocycles. The Morgan fingerprint density at radius 1 is 1.00 bits per heavy atom. The standard InChI is InChI=1S/C26H23F2N5O3/c1-26(2)13-24(34)32(15-26)23-12-19(10-11-29-23)36-18-8-6-17(7-9-18)33-25(35)31(16-30-33)14-20-21(27)4-3-5-22(20)28/h3-12,16H,13-15H2,1-2H3. The van der Waals surface area contributed by atoms with Gasteiger partial charge < -0.3 is 4.74 Å². The number of ether oxygens (including phenoxy) is 1. The van der Waals surface area contributed by atoms with Crippen molar-refractivity contribution in [3.8, 4) is 17.2 Å². The maximum Gasteiger partial charge on any atom is 0.350 e. The number of nitrogens with zero attached hydrogens (tertiary/aromatic N) is 5. The molecule has 1 fully saturated rings. The Morgan fingerprint density at radius 3 is 2.39 bits per heavy atom. The highest BCUT2D eigenvalue weighted by atomic mass is 19.1. The van der Waals surface area contributed by atoms with Crippen LogP contribution in [-0.4, -0.2) is 31.8 Å². The number of hydrogen-bond acceptors (Lipinski definition) is 5. The zero-order valence-electron chi connectivity index (χ0n) is 19.7. The van der Waals surface area contributed by atoms with E-state index in [1.807, 2.05) is 13.8 Å². The van der Waals surface area contributed by atoms with Crippen LogP contribution in [0.2, 0.25) is 0 Å². The summed E-state index contributed by atoms with van der Waals surface area (Å²) >= 11 is 0. The fourth-order valence-corrected chi connectivity index (χ4v) is 4.16. The molecule has 8 nitrogen and oxygen atoms in total. The number of carbonyl (C=O) groups excluding carboxylic acids is 1. The fraction of sp³-hybridized carbons (Fsp3) is 0.231. The summed E-state index contributed by atoms with van der Waals surface area (Å²) in [6.07, 6.45) is 3.28. The van der Waals surface area contributed by atoms with Crippen molar-refractivity contribution in [2.75, 3.05) is 11.4 Å². The molecule has 36 heavy (non-hydrogen) atoms. The maximum atomic E-state index is 14.0. The molecule has 2 aromatic carbocycles. The second-order valence-electron chi connectivity index (χ2n) is 9.42. The second-order valence-corrected chi connectivity index (χ2v) is 9.42. The number of amides is 1. The Morgan fingerprint density at radius 2 is 1.72 bits per heavy atom. The predicted octanol–water partition coefficient (Wildman–Crippen LogP) is 4.31. The first kappa shape index (κ1) is 23.4. The number of aromatic nitrogens is 4. The summed E-state index contributed by atoms with van der Waals surface area (Å²) in [7, 11) is 0. The summed E-state index contributed by atoms with van der Waals surface area (Å²) in [5, 5.41) is 4.07. The first-order valence-corrected chi connectivity index (χ1v) is 11.3. The van der Waals surface area contributed by atoms with E-state index in [9.17, 15) is 18.4 Å². The Labute approximate surface area is 205 Å². The average Bonchev–Trinajstić information content (AvgIpc) is 3.34. The van der Waals surface area contributed by atoms with Crippen LogP contribution in [0.4, 0.5) is 14.6 Å². The number of carbonyl (C=O) groups is 1. The SMILES string of the molecule is CC1(C)CC(=O)N(c2cc(Oc3ccc(-n4ncn(Cc5c(F)cccc5F)c4=O)cc3)ccn2)C1. The van der Waals surface area contributed by atoms with Gasteiger partial charge in [0.2, 0.25) is 5.91 Å². The molecule has 0 N–H and O–H groups in total. The minimum absolute atomic E-state index is 0.0247. The molecule has 5 rings (SSSR count). The van der Waals surface area contributed by atoms with Crippen molar-refractivity contribution in [3.63, 3.8) is 0 Å². The molecule has 3 heterocycles. The van der Waals surface area contributed by atoms with E-state index in [4.69, 9.17) is 4.74 Å². The van der Waals surface area contributed by atoms with E-state index >= 15 is 0 Å².